The van der Waals surface area contributed by atoms with Gasteiger partial charge in [-0.05, 0) is 45.7 Å². The van der Waals surface area contributed by atoms with Gasteiger partial charge in [0.15, 0.2) is 0 Å². The molecule has 0 aliphatic carbocycles. The second-order valence-corrected chi connectivity index (χ2v) is 11.8. The number of benzene rings is 1. The molecular formula is C26H35FN6O4S. The molecule has 0 unspecified atom stereocenters. The number of aromatic nitrogens is 3. The first-order chi connectivity index (χ1) is 18.1. The number of carbonyl (C=O) groups excluding carboxylic acids is 1. The van der Waals surface area contributed by atoms with Crippen LogP contribution in [0.5, 0.6) is 5.75 Å². The molecule has 3 aromatic rings. The number of hydrogen-bond donors (Lipinski definition) is 1. The first kappa shape index (κ1) is 26.6. The van der Waals surface area contributed by atoms with Crippen LogP contribution in [-0.4, -0.2) is 89.8 Å². The van der Waals surface area contributed by atoms with Crippen molar-refractivity contribution in [2.24, 2.45) is 0 Å². The van der Waals surface area contributed by atoms with Crippen LogP contribution in [0.1, 0.15) is 33.6 Å². The first-order valence-electron chi connectivity index (χ1n) is 12.9. The highest BCUT2D eigenvalue weighted by Gasteiger charge is 2.40. The lowest BCUT2D eigenvalue weighted by Gasteiger charge is -2.45. The standard InChI is InChI=1S/C26H35FN6O4S/c1-25(2,3)37-24(34)29-26(17-31-11-13-36-14-12-31)7-9-32(10-8-26)23-30-33-20(16-28-22(33)38-23)19-6-5-18(27)15-21(19)35-4/h5-6,15-16H,7-14,17H2,1-4H3,(H,29,34). The Morgan fingerprint density at radius 3 is 2.63 bits per heavy atom. The van der Waals surface area contributed by atoms with E-state index in [9.17, 15) is 9.18 Å². The number of ether oxygens (including phenoxy) is 3. The predicted octanol–water partition coefficient (Wildman–Crippen LogP) is 3.80. The van der Waals surface area contributed by atoms with Gasteiger partial charge in [-0.2, -0.15) is 0 Å². The van der Waals surface area contributed by atoms with Gasteiger partial charge in [-0.25, -0.2) is 18.7 Å². The zero-order chi connectivity index (χ0) is 26.9. The Hall–Kier alpha value is -2.96. The maximum Gasteiger partial charge on any atom is 0.408 e. The number of nitrogens with one attached hydrogen (secondary N) is 1. The molecule has 0 radical (unpaired) electrons. The molecule has 2 saturated heterocycles. The van der Waals surface area contributed by atoms with Crippen LogP contribution in [0.4, 0.5) is 14.3 Å². The van der Waals surface area contributed by atoms with E-state index in [4.69, 9.17) is 19.3 Å². The minimum absolute atomic E-state index is 0.362. The molecule has 38 heavy (non-hydrogen) atoms. The van der Waals surface area contributed by atoms with Gasteiger partial charge in [0.05, 0.1) is 37.8 Å². The third kappa shape index (κ3) is 5.87. The van der Waals surface area contributed by atoms with Gasteiger partial charge in [0.25, 0.3) is 0 Å². The minimum Gasteiger partial charge on any atom is -0.496 e. The topological polar surface area (TPSA) is 93.5 Å². The van der Waals surface area contributed by atoms with E-state index < -0.39 is 11.1 Å². The Kier molecular flexibility index (Phi) is 7.47. The number of halogens is 1. The largest absolute Gasteiger partial charge is 0.496 e. The second-order valence-electron chi connectivity index (χ2n) is 10.8. The molecule has 0 atom stereocenters. The number of anilines is 1. The summed E-state index contributed by atoms with van der Waals surface area (Å²) in [6.07, 6.45) is 2.85. The molecule has 2 aliphatic rings. The smallest absolute Gasteiger partial charge is 0.408 e. The average molecular weight is 547 g/mol. The van der Waals surface area contributed by atoms with Crippen LogP contribution in [-0.2, 0) is 9.47 Å². The van der Waals surface area contributed by atoms with Crippen molar-refractivity contribution >= 4 is 27.5 Å². The van der Waals surface area contributed by atoms with Crippen molar-refractivity contribution in [3.63, 3.8) is 0 Å². The van der Waals surface area contributed by atoms with Crippen molar-refractivity contribution in [2.75, 3.05) is 57.9 Å². The number of piperidine rings is 1. The molecule has 2 aliphatic heterocycles. The second kappa shape index (κ2) is 10.7. The van der Waals surface area contributed by atoms with E-state index in [1.807, 2.05) is 20.8 Å². The van der Waals surface area contributed by atoms with Gasteiger partial charge in [-0.15, -0.1) is 5.10 Å². The van der Waals surface area contributed by atoms with E-state index in [0.29, 0.717) is 19.0 Å². The Balaban J connectivity index is 1.34. The molecule has 5 rings (SSSR count). The van der Waals surface area contributed by atoms with Crippen LogP contribution in [0.3, 0.4) is 0 Å². The Morgan fingerprint density at radius 1 is 1.21 bits per heavy atom. The fourth-order valence-electron chi connectivity index (χ4n) is 5.03. The molecule has 2 aromatic heterocycles. The zero-order valence-corrected chi connectivity index (χ0v) is 23.1. The van der Waals surface area contributed by atoms with Crippen molar-refractivity contribution in [3.05, 3.63) is 30.2 Å². The summed E-state index contributed by atoms with van der Waals surface area (Å²) in [5, 5.41) is 8.94. The van der Waals surface area contributed by atoms with Crippen LogP contribution >= 0.6 is 11.3 Å². The third-order valence-corrected chi connectivity index (χ3v) is 7.88. The summed E-state index contributed by atoms with van der Waals surface area (Å²) in [4.78, 5) is 22.7. The van der Waals surface area contributed by atoms with E-state index in [-0.39, 0.29) is 11.9 Å². The molecule has 1 amide bonds. The number of methoxy groups -OCH3 is 1. The van der Waals surface area contributed by atoms with Crippen LogP contribution in [0, 0.1) is 5.82 Å². The molecule has 4 heterocycles. The third-order valence-electron chi connectivity index (χ3n) is 6.90. The van der Waals surface area contributed by atoms with Gasteiger partial charge in [0.1, 0.15) is 17.2 Å². The minimum atomic E-state index is -0.564. The summed E-state index contributed by atoms with van der Waals surface area (Å²) in [7, 11) is 1.52. The number of imidazole rings is 1. The van der Waals surface area contributed by atoms with E-state index in [1.54, 1.807) is 16.8 Å². The molecule has 206 valence electrons. The number of amides is 1. The first-order valence-corrected chi connectivity index (χ1v) is 13.7. The number of alkyl carbamates (subject to hydrolysis) is 1. The molecule has 0 spiro atoms. The van der Waals surface area contributed by atoms with E-state index in [0.717, 1.165) is 66.9 Å². The molecule has 1 aromatic carbocycles. The lowest BCUT2D eigenvalue weighted by molar-refractivity contribution is 0.0127. The lowest BCUT2D eigenvalue weighted by atomic mass is 9.86. The van der Waals surface area contributed by atoms with Crippen LogP contribution in [0.25, 0.3) is 16.2 Å². The van der Waals surface area contributed by atoms with Gasteiger partial charge in [-0.1, -0.05) is 11.3 Å². The molecule has 2 fully saturated rings. The van der Waals surface area contributed by atoms with E-state index in [1.165, 1.54) is 30.6 Å². The highest BCUT2D eigenvalue weighted by atomic mass is 32.1. The lowest BCUT2D eigenvalue weighted by Crippen LogP contribution is -2.62. The Bertz CT molecular complexity index is 1270. The summed E-state index contributed by atoms with van der Waals surface area (Å²) in [5.41, 5.74) is 0.499. The molecule has 0 bridgehead atoms. The van der Waals surface area contributed by atoms with Gasteiger partial charge >= 0.3 is 6.09 Å². The SMILES string of the molecule is COc1cc(F)ccc1-c1cnc2sc(N3CCC(CN4CCOCC4)(NC(=O)OC(C)(C)C)CC3)nn12. The fraction of sp³-hybridized carbons (Fsp3) is 0.577. The fourth-order valence-corrected chi connectivity index (χ4v) is 5.96. The van der Waals surface area contributed by atoms with Crippen molar-refractivity contribution < 1.29 is 23.4 Å². The van der Waals surface area contributed by atoms with Crippen LogP contribution in [0.2, 0.25) is 0 Å². The molecule has 10 nitrogen and oxygen atoms in total. The number of nitrogens with zero attached hydrogens (tertiary/aromatic N) is 5. The van der Waals surface area contributed by atoms with Gasteiger partial charge in [0.2, 0.25) is 10.1 Å². The van der Waals surface area contributed by atoms with Crippen molar-refractivity contribution in [1.82, 2.24) is 24.8 Å². The van der Waals surface area contributed by atoms with Crippen LogP contribution < -0.4 is 15.0 Å². The highest BCUT2D eigenvalue weighted by molar-refractivity contribution is 7.20. The monoisotopic (exact) mass is 546 g/mol. The van der Waals surface area contributed by atoms with E-state index in [2.05, 4.69) is 20.1 Å². The quantitative estimate of drug-likeness (QED) is 0.499. The van der Waals surface area contributed by atoms with Gasteiger partial charge < -0.3 is 24.4 Å². The van der Waals surface area contributed by atoms with Crippen molar-refractivity contribution in [1.29, 1.82) is 0 Å². The van der Waals surface area contributed by atoms with Crippen LogP contribution in [0.15, 0.2) is 24.4 Å². The number of hydrogen-bond acceptors (Lipinski definition) is 9. The number of fused-ring (bicyclic) bond motifs is 1. The molecule has 12 heteroatoms. The normalized spacial score (nSPS) is 18.5. The Morgan fingerprint density at radius 2 is 1.95 bits per heavy atom. The van der Waals surface area contributed by atoms with Gasteiger partial charge in [-0.3, -0.25) is 4.90 Å². The molecular weight excluding hydrogens is 511 g/mol. The maximum absolute atomic E-state index is 13.7. The summed E-state index contributed by atoms with van der Waals surface area (Å²) in [5.74, 6) is 0.0691. The molecule has 0 saturated carbocycles. The summed E-state index contributed by atoms with van der Waals surface area (Å²) in [6, 6.07) is 4.44. The summed E-state index contributed by atoms with van der Waals surface area (Å²) in [6.45, 7) is 10.9. The zero-order valence-electron chi connectivity index (χ0n) is 22.3. The van der Waals surface area contributed by atoms with Crippen molar-refractivity contribution in [2.45, 2.75) is 44.8 Å². The Labute approximate surface area is 225 Å². The predicted molar refractivity (Wildman–Crippen MR) is 144 cm³/mol. The molecule has 1 N–H and O–H groups in total. The summed E-state index contributed by atoms with van der Waals surface area (Å²) < 4.78 is 32.1. The van der Waals surface area contributed by atoms with E-state index >= 15 is 0 Å². The average Bonchev–Trinajstić information content (AvgIpc) is 3.45. The maximum atomic E-state index is 13.7. The number of morpholine rings is 1. The number of carbonyl (C=O) groups is 1. The summed E-state index contributed by atoms with van der Waals surface area (Å²) >= 11 is 1.51. The van der Waals surface area contributed by atoms with Crippen molar-refractivity contribution in [3.8, 4) is 17.0 Å². The van der Waals surface area contributed by atoms with Gasteiger partial charge in [0, 0.05) is 44.4 Å². The number of rotatable bonds is 6. The highest BCUT2D eigenvalue weighted by Crippen LogP contribution is 2.35.